The average molecular weight is 312 g/mol. The minimum atomic E-state index is -0.192. The van der Waals surface area contributed by atoms with Crippen LogP contribution in [0.15, 0.2) is 16.7 Å². The number of primary amides is 1. The van der Waals surface area contributed by atoms with E-state index in [1.165, 1.54) is 0 Å². The van der Waals surface area contributed by atoms with Gasteiger partial charge in [0.15, 0.2) is 0 Å². The number of hydrogen-bond acceptors (Lipinski definition) is 3. The number of nitrogens with two attached hydrogens (primary N) is 1. The highest BCUT2D eigenvalue weighted by Gasteiger charge is 2.22. The quantitative estimate of drug-likeness (QED) is 0.931. The summed E-state index contributed by atoms with van der Waals surface area (Å²) in [6, 6.07) is 2.08. The van der Waals surface area contributed by atoms with E-state index in [0.29, 0.717) is 12.3 Å². The minimum Gasteiger partial charge on any atom is -0.370 e. The summed E-state index contributed by atoms with van der Waals surface area (Å²) in [6.07, 6.45) is 4.40. The Hall–Kier alpha value is -1.10. The SMILES string of the molecule is Cc1cnc(N2CCC(CC(N)=O)CC2)c(Br)c1. The zero-order chi connectivity index (χ0) is 13.1. The maximum absolute atomic E-state index is 10.9. The number of anilines is 1. The van der Waals surface area contributed by atoms with Crippen LogP contribution < -0.4 is 10.6 Å². The van der Waals surface area contributed by atoms with Crippen LogP contribution >= 0.6 is 15.9 Å². The van der Waals surface area contributed by atoms with Gasteiger partial charge in [-0.1, -0.05) is 0 Å². The molecule has 1 saturated heterocycles. The Morgan fingerprint density at radius 1 is 1.56 bits per heavy atom. The fraction of sp³-hybridized carbons (Fsp3) is 0.538. The van der Waals surface area contributed by atoms with Crippen LogP contribution in [0.1, 0.15) is 24.8 Å². The highest BCUT2D eigenvalue weighted by molar-refractivity contribution is 9.10. The van der Waals surface area contributed by atoms with E-state index in [0.717, 1.165) is 41.8 Å². The summed E-state index contributed by atoms with van der Waals surface area (Å²) in [5.41, 5.74) is 6.38. The van der Waals surface area contributed by atoms with Crippen molar-refractivity contribution in [1.82, 2.24) is 4.98 Å². The van der Waals surface area contributed by atoms with Gasteiger partial charge in [0.1, 0.15) is 5.82 Å². The van der Waals surface area contributed by atoms with Crippen molar-refractivity contribution in [3.8, 4) is 0 Å². The molecule has 1 aliphatic rings. The van der Waals surface area contributed by atoms with Crippen molar-refractivity contribution in [2.45, 2.75) is 26.2 Å². The first-order valence-corrected chi connectivity index (χ1v) is 7.01. The fourth-order valence-corrected chi connectivity index (χ4v) is 3.11. The van der Waals surface area contributed by atoms with Crippen LogP contribution in [0.5, 0.6) is 0 Å². The summed E-state index contributed by atoms with van der Waals surface area (Å²) in [5.74, 6) is 1.24. The molecule has 0 saturated carbocycles. The number of rotatable bonds is 3. The van der Waals surface area contributed by atoms with Gasteiger partial charge in [-0.15, -0.1) is 0 Å². The van der Waals surface area contributed by atoms with Gasteiger partial charge in [0.05, 0.1) is 4.47 Å². The van der Waals surface area contributed by atoms with Crippen molar-refractivity contribution in [2.24, 2.45) is 11.7 Å². The second-order valence-electron chi connectivity index (χ2n) is 4.92. The number of aryl methyl sites for hydroxylation is 1. The smallest absolute Gasteiger partial charge is 0.217 e. The van der Waals surface area contributed by atoms with Gasteiger partial charge in [-0.25, -0.2) is 4.98 Å². The van der Waals surface area contributed by atoms with E-state index in [-0.39, 0.29) is 5.91 Å². The first kappa shape index (κ1) is 13.3. The third kappa shape index (κ3) is 3.22. The first-order chi connectivity index (χ1) is 8.56. The van der Waals surface area contributed by atoms with Crippen LogP contribution in [-0.4, -0.2) is 24.0 Å². The van der Waals surface area contributed by atoms with Crippen molar-refractivity contribution in [3.05, 3.63) is 22.3 Å². The Balaban J connectivity index is 1.99. The summed E-state index contributed by atoms with van der Waals surface area (Å²) in [7, 11) is 0. The van der Waals surface area contributed by atoms with Gasteiger partial charge in [0.2, 0.25) is 5.91 Å². The van der Waals surface area contributed by atoms with Gasteiger partial charge < -0.3 is 10.6 Å². The van der Waals surface area contributed by atoms with E-state index >= 15 is 0 Å². The molecule has 1 aromatic heterocycles. The van der Waals surface area contributed by atoms with Crippen LogP contribution in [0.3, 0.4) is 0 Å². The van der Waals surface area contributed by atoms with Crippen molar-refractivity contribution in [3.63, 3.8) is 0 Å². The molecule has 2 N–H and O–H groups in total. The molecular formula is C13H18BrN3O. The number of piperidine rings is 1. The Labute approximate surface area is 116 Å². The molecule has 1 fully saturated rings. The van der Waals surface area contributed by atoms with E-state index in [1.807, 2.05) is 13.1 Å². The van der Waals surface area contributed by atoms with Gasteiger partial charge in [0, 0.05) is 25.7 Å². The molecule has 1 amide bonds. The molecule has 0 aromatic carbocycles. The van der Waals surface area contributed by atoms with E-state index in [4.69, 9.17) is 5.73 Å². The molecule has 98 valence electrons. The van der Waals surface area contributed by atoms with Crippen LogP contribution in [0.4, 0.5) is 5.82 Å². The van der Waals surface area contributed by atoms with Crippen molar-refractivity contribution in [2.75, 3.05) is 18.0 Å². The van der Waals surface area contributed by atoms with E-state index in [9.17, 15) is 4.79 Å². The van der Waals surface area contributed by atoms with Gasteiger partial charge in [-0.05, 0) is 53.2 Å². The predicted molar refractivity (Wildman–Crippen MR) is 75.4 cm³/mol. The molecule has 0 atom stereocenters. The first-order valence-electron chi connectivity index (χ1n) is 6.21. The maximum atomic E-state index is 10.9. The second-order valence-corrected chi connectivity index (χ2v) is 5.77. The van der Waals surface area contributed by atoms with E-state index in [1.54, 1.807) is 0 Å². The zero-order valence-corrected chi connectivity index (χ0v) is 12.1. The molecule has 0 spiro atoms. The van der Waals surface area contributed by atoms with Crippen molar-refractivity contribution < 1.29 is 4.79 Å². The number of hydrogen-bond donors (Lipinski definition) is 1. The lowest BCUT2D eigenvalue weighted by Crippen LogP contribution is -2.35. The summed E-state index contributed by atoms with van der Waals surface area (Å²) < 4.78 is 1.04. The number of halogens is 1. The van der Waals surface area contributed by atoms with Gasteiger partial charge in [-0.3, -0.25) is 4.79 Å². The van der Waals surface area contributed by atoms with Gasteiger partial charge in [0.25, 0.3) is 0 Å². The van der Waals surface area contributed by atoms with Crippen LogP contribution in [0.25, 0.3) is 0 Å². The lowest BCUT2D eigenvalue weighted by Gasteiger charge is -2.32. The van der Waals surface area contributed by atoms with E-state index in [2.05, 4.69) is 31.9 Å². The molecule has 0 unspecified atom stereocenters. The van der Waals surface area contributed by atoms with E-state index < -0.39 is 0 Å². The van der Waals surface area contributed by atoms with Gasteiger partial charge >= 0.3 is 0 Å². The lowest BCUT2D eigenvalue weighted by atomic mass is 9.93. The molecular weight excluding hydrogens is 294 g/mol. The summed E-state index contributed by atoms with van der Waals surface area (Å²) in [5, 5.41) is 0. The third-order valence-corrected chi connectivity index (χ3v) is 3.95. The van der Waals surface area contributed by atoms with Crippen molar-refractivity contribution >= 4 is 27.7 Å². The number of pyridine rings is 1. The molecule has 1 aromatic rings. The molecule has 0 radical (unpaired) electrons. The normalized spacial score (nSPS) is 16.9. The molecule has 4 nitrogen and oxygen atoms in total. The predicted octanol–water partition coefficient (Wildman–Crippen LogP) is 2.24. The summed E-state index contributed by atoms with van der Waals surface area (Å²) >= 11 is 3.56. The van der Waals surface area contributed by atoms with Crippen molar-refractivity contribution in [1.29, 1.82) is 0 Å². The Bertz CT molecular complexity index is 442. The Kier molecular flexibility index (Phi) is 4.22. The number of aromatic nitrogens is 1. The monoisotopic (exact) mass is 311 g/mol. The fourth-order valence-electron chi connectivity index (χ4n) is 2.39. The molecule has 0 bridgehead atoms. The zero-order valence-electron chi connectivity index (χ0n) is 10.5. The second kappa shape index (κ2) is 5.69. The molecule has 2 rings (SSSR count). The number of amides is 1. The Morgan fingerprint density at radius 2 is 2.22 bits per heavy atom. The maximum Gasteiger partial charge on any atom is 0.217 e. The third-order valence-electron chi connectivity index (χ3n) is 3.36. The topological polar surface area (TPSA) is 59.2 Å². The number of carbonyl (C=O) groups excluding carboxylic acids is 1. The van der Waals surface area contributed by atoms with Crippen LogP contribution in [-0.2, 0) is 4.79 Å². The number of nitrogens with zero attached hydrogens (tertiary/aromatic N) is 2. The molecule has 0 aliphatic carbocycles. The minimum absolute atomic E-state index is 0.192. The van der Waals surface area contributed by atoms with Crippen LogP contribution in [0, 0.1) is 12.8 Å². The lowest BCUT2D eigenvalue weighted by molar-refractivity contribution is -0.119. The highest BCUT2D eigenvalue weighted by atomic mass is 79.9. The molecule has 18 heavy (non-hydrogen) atoms. The summed E-state index contributed by atoms with van der Waals surface area (Å²) in [4.78, 5) is 17.6. The average Bonchev–Trinajstić information content (AvgIpc) is 2.30. The molecule has 1 aliphatic heterocycles. The Morgan fingerprint density at radius 3 is 2.78 bits per heavy atom. The largest absolute Gasteiger partial charge is 0.370 e. The van der Waals surface area contributed by atoms with Crippen LogP contribution in [0.2, 0.25) is 0 Å². The molecule has 5 heteroatoms. The standard InChI is InChI=1S/C13H18BrN3O/c1-9-6-11(14)13(16-8-9)17-4-2-10(3-5-17)7-12(15)18/h6,8,10H,2-5,7H2,1H3,(H2,15,18). The van der Waals surface area contributed by atoms with Gasteiger partial charge in [-0.2, -0.15) is 0 Å². The molecule has 2 heterocycles. The summed E-state index contributed by atoms with van der Waals surface area (Å²) in [6.45, 7) is 3.90. The number of carbonyl (C=O) groups is 1. The highest BCUT2D eigenvalue weighted by Crippen LogP contribution is 2.29.